The second-order valence-corrected chi connectivity index (χ2v) is 14.9. The molecule has 0 aromatic rings. The number of nitrogens with one attached hydrogen (secondary N) is 4. The second-order valence-electron chi connectivity index (χ2n) is 14.9. The highest BCUT2D eigenvalue weighted by atomic mass is 16.3. The molecule has 262 valence electrons. The summed E-state index contributed by atoms with van der Waals surface area (Å²) >= 11 is 0. The van der Waals surface area contributed by atoms with Crippen molar-refractivity contribution in [1.82, 2.24) is 26.2 Å². The molecule has 1 aliphatic heterocycles. The van der Waals surface area contributed by atoms with Crippen molar-refractivity contribution in [2.75, 3.05) is 13.1 Å². The third-order valence-corrected chi connectivity index (χ3v) is 9.47. The zero-order valence-corrected chi connectivity index (χ0v) is 29.5. The average Bonchev–Trinajstić information content (AvgIpc) is 3.46. The first-order valence-corrected chi connectivity index (χ1v) is 17.3. The van der Waals surface area contributed by atoms with Crippen LogP contribution in [0.2, 0.25) is 0 Å². The van der Waals surface area contributed by atoms with E-state index in [1.165, 1.54) is 6.08 Å². The quantitative estimate of drug-likeness (QED) is 0.0916. The number of hydrogen-bond acceptors (Lipinski definition) is 8. The van der Waals surface area contributed by atoms with Crippen LogP contribution in [0, 0.1) is 29.1 Å². The van der Waals surface area contributed by atoms with E-state index in [0.29, 0.717) is 19.4 Å². The zero-order chi connectivity index (χ0) is 34.8. The van der Waals surface area contributed by atoms with Gasteiger partial charge >= 0.3 is 0 Å². The maximum Gasteiger partial charge on any atom is 0.289 e. The first-order chi connectivity index (χ1) is 21.5. The molecular formula is C35H61N5O6. The molecule has 0 bridgehead atoms. The first kappa shape index (κ1) is 39.5. The van der Waals surface area contributed by atoms with Gasteiger partial charge in [0.2, 0.25) is 17.6 Å². The predicted octanol–water partition coefficient (Wildman–Crippen LogP) is 3.06. The molecule has 1 aliphatic carbocycles. The molecule has 0 spiro atoms. The van der Waals surface area contributed by atoms with Gasteiger partial charge in [0.25, 0.3) is 5.91 Å². The lowest BCUT2D eigenvalue weighted by molar-refractivity contribution is -0.146. The number of likely N-dealkylation sites (tertiary alicyclic amines) is 1. The molecule has 2 aliphatic rings. The van der Waals surface area contributed by atoms with Gasteiger partial charge in [-0.1, -0.05) is 87.1 Å². The highest BCUT2D eigenvalue weighted by molar-refractivity contribution is 6.38. The third kappa shape index (κ3) is 10.7. The fourth-order valence-electron chi connectivity index (χ4n) is 6.83. The Morgan fingerprint density at radius 1 is 0.978 bits per heavy atom. The summed E-state index contributed by atoms with van der Waals surface area (Å²) in [4.78, 5) is 68.5. The summed E-state index contributed by atoms with van der Waals surface area (Å²) in [6, 6.07) is -3.31. The normalized spacial score (nSPS) is 21.8. The molecule has 11 heteroatoms. The number of carbonyl (C=O) groups is 5. The molecule has 1 saturated carbocycles. The fourth-order valence-corrected chi connectivity index (χ4v) is 6.83. The first-order valence-electron chi connectivity index (χ1n) is 17.3. The minimum Gasteiger partial charge on any atom is -0.365 e. The molecule has 46 heavy (non-hydrogen) atoms. The molecule has 2 unspecified atom stereocenters. The Balaban J connectivity index is 2.32. The summed E-state index contributed by atoms with van der Waals surface area (Å²) < 4.78 is 0. The van der Waals surface area contributed by atoms with Gasteiger partial charge in [0.15, 0.2) is 12.1 Å². The number of rotatable bonds is 17. The van der Waals surface area contributed by atoms with E-state index in [1.54, 1.807) is 4.90 Å². The highest BCUT2D eigenvalue weighted by Gasteiger charge is 2.48. The topological polar surface area (TPSA) is 157 Å². The predicted molar refractivity (Wildman–Crippen MR) is 179 cm³/mol. The molecule has 6 atom stereocenters. The van der Waals surface area contributed by atoms with Gasteiger partial charge in [-0.15, -0.1) is 6.58 Å². The summed E-state index contributed by atoms with van der Waals surface area (Å²) in [6.07, 6.45) is 6.61. The average molecular weight is 648 g/mol. The molecule has 0 aromatic carbocycles. The van der Waals surface area contributed by atoms with Gasteiger partial charge in [-0.05, 0) is 48.9 Å². The van der Waals surface area contributed by atoms with Crippen molar-refractivity contribution in [3.05, 3.63) is 12.7 Å². The van der Waals surface area contributed by atoms with E-state index in [0.717, 1.165) is 32.1 Å². The van der Waals surface area contributed by atoms with Crippen molar-refractivity contribution >= 4 is 29.3 Å². The molecular weight excluding hydrogens is 586 g/mol. The fraction of sp³-hybridized carbons (Fsp3) is 0.800. The zero-order valence-electron chi connectivity index (χ0n) is 29.5. The molecule has 11 nitrogen and oxygen atoms in total. The van der Waals surface area contributed by atoms with Gasteiger partial charge in [0.05, 0.1) is 18.1 Å². The summed E-state index contributed by atoms with van der Waals surface area (Å²) in [6.45, 7) is 19.3. The van der Waals surface area contributed by atoms with Crippen LogP contribution in [0.4, 0.5) is 0 Å². The molecule has 0 radical (unpaired) electrons. The Morgan fingerprint density at radius 3 is 2.13 bits per heavy atom. The number of aliphatic hydroxyl groups is 1. The monoisotopic (exact) mass is 647 g/mol. The number of aliphatic hydroxyl groups excluding tert-OH is 1. The van der Waals surface area contributed by atoms with Gasteiger partial charge in [-0.25, -0.2) is 0 Å². The van der Waals surface area contributed by atoms with Gasteiger partial charge in [0, 0.05) is 19.0 Å². The lowest BCUT2D eigenvalue weighted by atomic mass is 9.80. The molecule has 0 aromatic heterocycles. The summed E-state index contributed by atoms with van der Waals surface area (Å²) in [5, 5.41) is 22.7. The molecule has 3 amide bonds. The number of amides is 3. The van der Waals surface area contributed by atoms with Crippen LogP contribution in [0.15, 0.2) is 12.7 Å². The van der Waals surface area contributed by atoms with Crippen molar-refractivity contribution in [2.24, 2.45) is 29.1 Å². The largest absolute Gasteiger partial charge is 0.365 e. The third-order valence-electron chi connectivity index (χ3n) is 9.47. The van der Waals surface area contributed by atoms with Crippen LogP contribution in [0.25, 0.3) is 0 Å². The molecule has 2 rings (SSSR count). The lowest BCUT2D eigenvalue weighted by Gasteiger charge is -2.39. The van der Waals surface area contributed by atoms with Crippen LogP contribution in [0.5, 0.6) is 0 Å². The van der Waals surface area contributed by atoms with Crippen LogP contribution >= 0.6 is 0 Å². The highest BCUT2D eigenvalue weighted by Crippen LogP contribution is 2.34. The van der Waals surface area contributed by atoms with E-state index < -0.39 is 53.5 Å². The lowest BCUT2D eigenvalue weighted by Crippen LogP contribution is -2.63. The minimum absolute atomic E-state index is 0.0387. The van der Waals surface area contributed by atoms with Crippen LogP contribution < -0.4 is 21.3 Å². The van der Waals surface area contributed by atoms with E-state index in [9.17, 15) is 29.1 Å². The van der Waals surface area contributed by atoms with Crippen molar-refractivity contribution in [3.63, 3.8) is 0 Å². The molecule has 1 heterocycles. The van der Waals surface area contributed by atoms with Crippen molar-refractivity contribution in [1.29, 1.82) is 0 Å². The summed E-state index contributed by atoms with van der Waals surface area (Å²) in [7, 11) is 0. The number of Topliss-reactive ketones (excluding diaryl/α,β-unsaturated/α-hetero) is 2. The summed E-state index contributed by atoms with van der Waals surface area (Å²) in [5.74, 6) is -2.51. The van der Waals surface area contributed by atoms with Crippen LogP contribution in [-0.4, -0.2) is 82.9 Å². The maximum atomic E-state index is 14.3. The van der Waals surface area contributed by atoms with Crippen LogP contribution in [0.3, 0.4) is 0 Å². The smallest absolute Gasteiger partial charge is 0.289 e. The van der Waals surface area contributed by atoms with Crippen molar-refractivity contribution in [3.8, 4) is 0 Å². The number of hydrogen-bond donors (Lipinski definition) is 5. The standard InChI is InChI=1S/C35H61N5O6/c1-10-15-25(29(42)32(44)36-19-11-2)37-31(43)27-24(21(3)4)18-20-40(27)33(45)30(35(7,8)9)39-34(46)38-26(28(41)22(5)6)23-16-13-12-14-17-23/h11,21-27,30,34,38-39,46H,2,10,12-20H2,1,3-9H3,(H,36,44)(H,37,43)/t24-,25?,26+,27+,30-,34?/m1/s1. The Hall–Kier alpha value is -2.63. The van der Waals surface area contributed by atoms with E-state index in [4.69, 9.17) is 0 Å². The number of carbonyl (C=O) groups excluding carboxylic acids is 5. The van der Waals surface area contributed by atoms with E-state index in [2.05, 4.69) is 27.8 Å². The van der Waals surface area contributed by atoms with Gasteiger partial charge in [-0.2, -0.15) is 0 Å². The Morgan fingerprint density at radius 2 is 1.61 bits per heavy atom. The Labute approximate surface area is 276 Å². The van der Waals surface area contributed by atoms with Crippen molar-refractivity contribution < 1.29 is 29.1 Å². The summed E-state index contributed by atoms with van der Waals surface area (Å²) in [5.41, 5.74) is -0.664. The molecule has 5 N–H and O–H groups in total. The van der Waals surface area contributed by atoms with E-state index in [1.807, 2.05) is 55.4 Å². The number of nitrogens with zero attached hydrogens (tertiary/aromatic N) is 1. The van der Waals surface area contributed by atoms with Crippen LogP contribution in [0.1, 0.15) is 107 Å². The van der Waals surface area contributed by atoms with Crippen molar-refractivity contribution in [2.45, 2.75) is 137 Å². The number of ketones is 2. The molecule has 2 fully saturated rings. The molecule has 1 saturated heterocycles. The second kappa shape index (κ2) is 18.1. The maximum absolute atomic E-state index is 14.3. The SMILES string of the molecule is C=CCNC(=O)C(=O)C(CCC)NC(=O)[C@@H]1[C@@H](C(C)C)CCN1C(=O)[C@@H](NC(O)N[C@H](C(=O)C(C)C)C1CCCCC1)C(C)(C)C. The Kier molecular flexibility index (Phi) is 15.5. The Bertz CT molecular complexity index is 1060. The van der Waals surface area contributed by atoms with Crippen LogP contribution in [-0.2, 0) is 24.0 Å². The van der Waals surface area contributed by atoms with E-state index in [-0.39, 0.29) is 48.3 Å². The van der Waals surface area contributed by atoms with Gasteiger partial charge < -0.3 is 20.6 Å². The minimum atomic E-state index is -1.33. The van der Waals surface area contributed by atoms with Gasteiger partial charge in [-0.3, -0.25) is 34.6 Å². The van der Waals surface area contributed by atoms with E-state index >= 15 is 0 Å². The van der Waals surface area contributed by atoms with Gasteiger partial charge in [0.1, 0.15) is 6.04 Å².